The van der Waals surface area contributed by atoms with Crippen LogP contribution in [0.4, 0.5) is 5.95 Å². The Kier molecular flexibility index (Phi) is 4.30. The Balaban J connectivity index is 1.76. The maximum absolute atomic E-state index is 12.3. The van der Waals surface area contributed by atoms with E-state index in [2.05, 4.69) is 20.3 Å². The van der Waals surface area contributed by atoms with Gasteiger partial charge in [0.1, 0.15) is 11.7 Å². The molecular formula is C14H14N4O2S. The number of carbonyl (C=O) groups excluding carboxylic acids is 1. The SMILES string of the molecule is O=C(Nc1ncccn1)c1cccnc1O[C@@H]1CCSC1. The molecule has 2 aromatic heterocycles. The monoisotopic (exact) mass is 302 g/mol. The predicted octanol–water partition coefficient (Wildman–Crippen LogP) is 2.01. The van der Waals surface area contributed by atoms with Crippen molar-refractivity contribution in [2.45, 2.75) is 12.5 Å². The van der Waals surface area contributed by atoms with Crippen molar-refractivity contribution in [3.05, 3.63) is 42.4 Å². The number of amides is 1. The third-order valence-corrected chi connectivity index (χ3v) is 4.10. The molecule has 0 saturated carbocycles. The Morgan fingerprint density at radius 2 is 2.05 bits per heavy atom. The molecule has 3 rings (SSSR count). The highest BCUT2D eigenvalue weighted by molar-refractivity contribution is 7.99. The van der Waals surface area contributed by atoms with Gasteiger partial charge in [-0.25, -0.2) is 15.0 Å². The summed E-state index contributed by atoms with van der Waals surface area (Å²) in [5.41, 5.74) is 0.391. The van der Waals surface area contributed by atoms with Crippen LogP contribution in [0.3, 0.4) is 0 Å². The minimum atomic E-state index is -0.324. The number of anilines is 1. The van der Waals surface area contributed by atoms with Crippen molar-refractivity contribution in [1.29, 1.82) is 0 Å². The maximum Gasteiger partial charge on any atom is 0.263 e. The Hall–Kier alpha value is -2.15. The second-order valence-corrected chi connectivity index (χ2v) is 5.64. The van der Waals surface area contributed by atoms with Gasteiger partial charge in [0.25, 0.3) is 5.91 Å². The van der Waals surface area contributed by atoms with Crippen molar-refractivity contribution in [2.24, 2.45) is 0 Å². The Morgan fingerprint density at radius 1 is 1.24 bits per heavy atom. The topological polar surface area (TPSA) is 77.0 Å². The highest BCUT2D eigenvalue weighted by Crippen LogP contribution is 2.24. The van der Waals surface area contributed by atoms with Crippen LogP contribution in [0, 0.1) is 0 Å². The number of carbonyl (C=O) groups is 1. The Morgan fingerprint density at radius 3 is 2.81 bits per heavy atom. The van der Waals surface area contributed by atoms with Gasteiger partial charge in [0.15, 0.2) is 0 Å². The molecule has 1 fully saturated rings. The van der Waals surface area contributed by atoms with E-state index in [0.717, 1.165) is 17.9 Å². The molecule has 21 heavy (non-hydrogen) atoms. The number of nitrogens with one attached hydrogen (secondary N) is 1. The molecule has 0 bridgehead atoms. The summed E-state index contributed by atoms with van der Waals surface area (Å²) < 4.78 is 5.83. The highest BCUT2D eigenvalue weighted by atomic mass is 32.2. The number of hydrogen-bond acceptors (Lipinski definition) is 6. The van der Waals surface area contributed by atoms with E-state index < -0.39 is 0 Å². The number of nitrogens with zero attached hydrogens (tertiary/aromatic N) is 3. The molecule has 0 spiro atoms. The van der Waals surface area contributed by atoms with Gasteiger partial charge in [-0.3, -0.25) is 10.1 Å². The molecular weight excluding hydrogens is 288 g/mol. The van der Waals surface area contributed by atoms with Gasteiger partial charge in [-0.1, -0.05) is 0 Å². The molecule has 1 amide bonds. The molecule has 1 N–H and O–H groups in total. The third-order valence-electron chi connectivity index (χ3n) is 2.97. The molecule has 1 atom stereocenters. The number of pyridine rings is 1. The van der Waals surface area contributed by atoms with Crippen molar-refractivity contribution in [3.63, 3.8) is 0 Å². The predicted molar refractivity (Wildman–Crippen MR) is 80.6 cm³/mol. The summed E-state index contributed by atoms with van der Waals surface area (Å²) in [5, 5.41) is 2.64. The Bertz CT molecular complexity index is 617. The summed E-state index contributed by atoms with van der Waals surface area (Å²) in [6.45, 7) is 0. The molecule has 0 aliphatic carbocycles. The van der Waals surface area contributed by atoms with Crippen molar-refractivity contribution >= 4 is 23.6 Å². The van der Waals surface area contributed by atoms with E-state index in [1.54, 1.807) is 36.8 Å². The first kappa shape index (κ1) is 13.8. The van der Waals surface area contributed by atoms with Crippen LogP contribution in [0.5, 0.6) is 5.88 Å². The quantitative estimate of drug-likeness (QED) is 0.931. The van der Waals surface area contributed by atoms with E-state index in [9.17, 15) is 4.79 Å². The van der Waals surface area contributed by atoms with Gasteiger partial charge in [0.2, 0.25) is 11.8 Å². The number of ether oxygens (including phenoxy) is 1. The third kappa shape index (κ3) is 3.49. The number of rotatable bonds is 4. The van der Waals surface area contributed by atoms with E-state index in [4.69, 9.17) is 4.74 Å². The van der Waals surface area contributed by atoms with Gasteiger partial charge in [0.05, 0.1) is 0 Å². The molecule has 2 aromatic rings. The normalized spacial score (nSPS) is 17.4. The van der Waals surface area contributed by atoms with E-state index in [0.29, 0.717) is 11.4 Å². The average molecular weight is 302 g/mol. The lowest BCUT2D eigenvalue weighted by Gasteiger charge is -2.14. The minimum Gasteiger partial charge on any atom is -0.473 e. The van der Waals surface area contributed by atoms with Gasteiger partial charge in [-0.05, 0) is 30.4 Å². The summed E-state index contributed by atoms with van der Waals surface area (Å²) in [7, 11) is 0. The van der Waals surface area contributed by atoms with Crippen molar-refractivity contribution in [3.8, 4) is 5.88 Å². The van der Waals surface area contributed by atoms with Crippen LogP contribution in [0.2, 0.25) is 0 Å². The maximum atomic E-state index is 12.3. The molecule has 6 nitrogen and oxygen atoms in total. The largest absolute Gasteiger partial charge is 0.473 e. The van der Waals surface area contributed by atoms with Crippen LogP contribution in [0.25, 0.3) is 0 Å². The summed E-state index contributed by atoms with van der Waals surface area (Å²) in [6.07, 6.45) is 5.85. The smallest absolute Gasteiger partial charge is 0.263 e. The molecule has 1 aliphatic heterocycles. The lowest BCUT2D eigenvalue weighted by atomic mass is 10.2. The standard InChI is InChI=1S/C14H14N4O2S/c19-12(18-14-16-6-2-7-17-14)11-3-1-5-15-13(11)20-10-4-8-21-9-10/h1-3,5-7,10H,4,8-9H2,(H,16,17,18,19)/t10-/m1/s1. The van der Waals surface area contributed by atoms with Gasteiger partial charge >= 0.3 is 0 Å². The van der Waals surface area contributed by atoms with Gasteiger partial charge in [-0.15, -0.1) is 0 Å². The van der Waals surface area contributed by atoms with Gasteiger partial charge in [-0.2, -0.15) is 11.8 Å². The second-order valence-electron chi connectivity index (χ2n) is 4.49. The summed E-state index contributed by atoms with van der Waals surface area (Å²) in [5.74, 6) is 2.30. The molecule has 108 valence electrons. The number of aromatic nitrogens is 3. The van der Waals surface area contributed by atoms with Crippen LogP contribution < -0.4 is 10.1 Å². The molecule has 1 saturated heterocycles. The molecule has 0 aromatic carbocycles. The zero-order valence-electron chi connectivity index (χ0n) is 11.2. The van der Waals surface area contributed by atoms with E-state index in [-0.39, 0.29) is 18.0 Å². The zero-order valence-corrected chi connectivity index (χ0v) is 12.0. The number of hydrogen-bond donors (Lipinski definition) is 1. The fourth-order valence-corrected chi connectivity index (χ4v) is 3.05. The first-order valence-electron chi connectivity index (χ1n) is 6.61. The molecule has 0 unspecified atom stereocenters. The average Bonchev–Trinajstić information content (AvgIpc) is 3.02. The summed E-state index contributed by atoms with van der Waals surface area (Å²) >= 11 is 1.84. The lowest BCUT2D eigenvalue weighted by molar-refractivity contribution is 0.101. The fourth-order valence-electron chi connectivity index (χ4n) is 1.95. The molecule has 0 radical (unpaired) electrons. The number of thioether (sulfide) groups is 1. The molecule has 7 heteroatoms. The van der Waals surface area contributed by atoms with Gasteiger partial charge in [0, 0.05) is 24.3 Å². The highest BCUT2D eigenvalue weighted by Gasteiger charge is 2.21. The van der Waals surface area contributed by atoms with Crippen molar-refractivity contribution in [1.82, 2.24) is 15.0 Å². The molecule has 1 aliphatic rings. The van der Waals surface area contributed by atoms with Crippen LogP contribution in [0.15, 0.2) is 36.8 Å². The van der Waals surface area contributed by atoms with E-state index in [1.165, 1.54) is 0 Å². The fraction of sp³-hybridized carbons (Fsp3) is 0.286. The first-order chi connectivity index (χ1) is 10.3. The van der Waals surface area contributed by atoms with Crippen molar-refractivity contribution < 1.29 is 9.53 Å². The summed E-state index contributed by atoms with van der Waals surface area (Å²) in [4.78, 5) is 24.4. The summed E-state index contributed by atoms with van der Waals surface area (Å²) in [6, 6.07) is 5.08. The van der Waals surface area contributed by atoms with Crippen LogP contribution in [0.1, 0.15) is 16.8 Å². The van der Waals surface area contributed by atoms with E-state index >= 15 is 0 Å². The molecule has 3 heterocycles. The lowest BCUT2D eigenvalue weighted by Crippen LogP contribution is -2.20. The first-order valence-corrected chi connectivity index (χ1v) is 7.76. The van der Waals surface area contributed by atoms with Crippen LogP contribution in [-0.2, 0) is 0 Å². The Labute approximate surface area is 126 Å². The minimum absolute atomic E-state index is 0.115. The van der Waals surface area contributed by atoms with Gasteiger partial charge < -0.3 is 4.74 Å². The second kappa shape index (κ2) is 6.53. The van der Waals surface area contributed by atoms with E-state index in [1.807, 2.05) is 11.8 Å². The van der Waals surface area contributed by atoms with Crippen LogP contribution in [-0.4, -0.2) is 38.5 Å². The van der Waals surface area contributed by atoms with Crippen LogP contribution >= 0.6 is 11.8 Å². The zero-order chi connectivity index (χ0) is 14.5. The van der Waals surface area contributed by atoms with Crippen molar-refractivity contribution in [2.75, 3.05) is 16.8 Å².